The van der Waals surface area contributed by atoms with Crippen molar-refractivity contribution >= 4 is 49.4 Å². The molecule has 2 fully saturated rings. The van der Waals surface area contributed by atoms with E-state index < -0.39 is 122 Å². The lowest BCUT2D eigenvalue weighted by Gasteiger charge is -2.29. The Bertz CT molecular complexity index is 2060. The van der Waals surface area contributed by atoms with E-state index in [4.69, 9.17) is 50.5 Å². The summed E-state index contributed by atoms with van der Waals surface area (Å²) in [5.74, 6) is 0.404. The molecule has 2 aliphatic heterocycles. The highest BCUT2D eigenvalue weighted by atomic mass is 31.2. The van der Waals surface area contributed by atoms with Gasteiger partial charge in [0.05, 0.1) is 94.8 Å². The van der Waals surface area contributed by atoms with Crippen LogP contribution < -0.4 is 17.2 Å². The van der Waals surface area contributed by atoms with Gasteiger partial charge in [-0.05, 0) is 0 Å². The molecule has 15 N–H and O–H groups in total. The molecule has 27 nitrogen and oxygen atoms in total. The number of anilines is 2. The first-order valence-electron chi connectivity index (χ1n) is 17.4. The molecule has 0 saturated carbocycles. The smallest absolute Gasteiger partial charge is 0.396 e. The number of rotatable bonds is 18. The van der Waals surface area contributed by atoms with Gasteiger partial charge in [-0.25, -0.2) is 34.5 Å². The van der Waals surface area contributed by atoms with E-state index in [1.807, 2.05) is 0 Å². The fourth-order valence-corrected chi connectivity index (χ4v) is 8.20. The summed E-state index contributed by atoms with van der Waals surface area (Å²) in [6.07, 6.45) is -0.0345. The normalized spacial score (nSPS) is 24.8. The third-order valence-electron chi connectivity index (χ3n) is 9.33. The number of hydrogen-bond donors (Lipinski definition) is 12. The SMILES string of the molecule is Nc1ncnc2c1ncn2[C@H]1C[C@@H](O)[C@@H](COP(=O)(O)CC(CO)(CO)CO)O1.Nc1ncnc2c1ncn2[C@H]1C[C@@H](O)[C@@H](COP(=O)(O)OCC(N)(CO)CO)O1. The van der Waals surface area contributed by atoms with E-state index >= 15 is 0 Å². The van der Waals surface area contributed by atoms with Gasteiger partial charge in [-0.3, -0.25) is 22.7 Å². The van der Waals surface area contributed by atoms with E-state index in [0.717, 1.165) is 0 Å². The van der Waals surface area contributed by atoms with Crippen LogP contribution in [0.1, 0.15) is 25.3 Å². The van der Waals surface area contributed by atoms with Gasteiger partial charge in [0, 0.05) is 12.8 Å². The van der Waals surface area contributed by atoms with Gasteiger partial charge < -0.3 is 76.7 Å². The lowest BCUT2D eigenvalue weighted by Crippen LogP contribution is -2.51. The second kappa shape index (κ2) is 18.9. The maximum Gasteiger partial charge on any atom is 0.472 e. The summed E-state index contributed by atoms with van der Waals surface area (Å²) < 4.78 is 53.5. The molecular formula is C29H47N11O16P2. The number of aromatic nitrogens is 8. The Hall–Kier alpha value is -3.44. The van der Waals surface area contributed by atoms with Gasteiger partial charge in [0.2, 0.25) is 0 Å². The van der Waals surface area contributed by atoms with Crippen molar-refractivity contribution in [1.29, 1.82) is 0 Å². The molecule has 0 bridgehead atoms. The van der Waals surface area contributed by atoms with Gasteiger partial charge in [0.15, 0.2) is 22.9 Å². The Kier molecular flexibility index (Phi) is 14.8. The van der Waals surface area contributed by atoms with E-state index in [9.17, 15) is 44.4 Å². The summed E-state index contributed by atoms with van der Waals surface area (Å²) in [6, 6.07) is 0. The predicted molar refractivity (Wildman–Crippen MR) is 196 cm³/mol. The summed E-state index contributed by atoms with van der Waals surface area (Å²) in [5, 5.41) is 66.6. The molecule has 29 heteroatoms. The Labute approximate surface area is 328 Å². The minimum atomic E-state index is -4.57. The molecule has 2 aliphatic rings. The Morgan fingerprint density at radius 3 is 1.59 bits per heavy atom. The first kappa shape index (κ1) is 45.6. The zero-order chi connectivity index (χ0) is 42.5. The average Bonchev–Trinajstić information content (AvgIpc) is 4.00. The van der Waals surface area contributed by atoms with E-state index in [2.05, 4.69) is 29.9 Å². The van der Waals surface area contributed by atoms with Crippen LogP contribution in [-0.2, 0) is 32.2 Å². The number of imidazole rings is 2. The van der Waals surface area contributed by atoms with Crippen LogP contribution in [0.5, 0.6) is 0 Å². The second-order valence-electron chi connectivity index (χ2n) is 13.8. The number of hydrogen-bond acceptors (Lipinski definition) is 23. The maximum atomic E-state index is 12.3. The molecule has 2 unspecified atom stereocenters. The number of phosphoric ester groups is 1. The highest BCUT2D eigenvalue weighted by molar-refractivity contribution is 7.52. The fourth-order valence-electron chi connectivity index (χ4n) is 5.75. The summed E-state index contributed by atoms with van der Waals surface area (Å²) >= 11 is 0. The second-order valence-corrected chi connectivity index (χ2v) is 17.1. The van der Waals surface area contributed by atoms with Gasteiger partial charge >= 0.3 is 15.4 Å². The molecule has 0 aromatic carbocycles. The summed E-state index contributed by atoms with van der Waals surface area (Å²) in [5.41, 5.74) is 15.5. The minimum absolute atomic E-state index is 0.154. The molecule has 0 spiro atoms. The molecule has 8 atom stereocenters. The monoisotopic (exact) mass is 867 g/mol. The fraction of sp³-hybridized carbons (Fsp3) is 0.655. The molecule has 0 radical (unpaired) electrons. The number of nitrogen functional groups attached to an aromatic ring is 2. The van der Waals surface area contributed by atoms with Crippen molar-refractivity contribution < 1.29 is 77.7 Å². The molecule has 4 aromatic rings. The highest BCUT2D eigenvalue weighted by Gasteiger charge is 2.42. The van der Waals surface area contributed by atoms with Gasteiger partial charge in [-0.1, -0.05) is 0 Å². The van der Waals surface area contributed by atoms with Crippen LogP contribution in [0.25, 0.3) is 22.3 Å². The topological polar surface area (TPSA) is 428 Å². The van der Waals surface area contributed by atoms with Crippen LogP contribution in [0.3, 0.4) is 0 Å². The number of phosphoric acid groups is 1. The molecule has 0 aliphatic carbocycles. The number of aliphatic hydroxyl groups is 7. The number of fused-ring (bicyclic) bond motifs is 2. The van der Waals surface area contributed by atoms with Crippen LogP contribution in [0.15, 0.2) is 25.3 Å². The minimum Gasteiger partial charge on any atom is -0.396 e. The molecule has 4 aromatic heterocycles. The summed E-state index contributed by atoms with van der Waals surface area (Å²) in [4.78, 5) is 43.9. The van der Waals surface area contributed by atoms with E-state index in [1.54, 1.807) is 9.13 Å². The van der Waals surface area contributed by atoms with Gasteiger partial charge in [0.1, 0.15) is 48.4 Å². The van der Waals surface area contributed by atoms with Crippen LogP contribution in [0.2, 0.25) is 0 Å². The van der Waals surface area contributed by atoms with Crippen LogP contribution >= 0.6 is 15.4 Å². The van der Waals surface area contributed by atoms with Crippen LogP contribution in [0, 0.1) is 5.41 Å². The third-order valence-corrected chi connectivity index (χ3v) is 11.9. The summed E-state index contributed by atoms with van der Waals surface area (Å²) in [7, 11) is -8.86. The molecule has 2 saturated heterocycles. The van der Waals surface area contributed by atoms with E-state index in [-0.39, 0.29) is 24.5 Å². The Balaban J connectivity index is 0.000000221. The molecule has 324 valence electrons. The van der Waals surface area contributed by atoms with Crippen molar-refractivity contribution in [2.75, 3.05) is 70.5 Å². The molecule has 0 amide bonds. The van der Waals surface area contributed by atoms with E-state index in [1.165, 1.54) is 25.3 Å². The maximum absolute atomic E-state index is 12.3. The van der Waals surface area contributed by atoms with Gasteiger partial charge in [-0.15, -0.1) is 0 Å². The molecular weight excluding hydrogens is 820 g/mol. The zero-order valence-electron chi connectivity index (χ0n) is 30.6. The summed E-state index contributed by atoms with van der Waals surface area (Å²) in [6.45, 7) is -4.90. The number of ether oxygens (including phenoxy) is 2. The lowest BCUT2D eigenvalue weighted by molar-refractivity contribution is -0.0452. The zero-order valence-corrected chi connectivity index (χ0v) is 32.4. The van der Waals surface area contributed by atoms with Gasteiger partial charge in [-0.2, -0.15) is 0 Å². The van der Waals surface area contributed by atoms with Crippen molar-refractivity contribution in [2.45, 2.75) is 55.3 Å². The number of nitrogens with two attached hydrogens (primary N) is 3. The third kappa shape index (κ3) is 10.6. The first-order chi connectivity index (χ1) is 27.4. The molecule has 6 rings (SSSR count). The van der Waals surface area contributed by atoms with Crippen LogP contribution in [0.4, 0.5) is 11.6 Å². The van der Waals surface area contributed by atoms with Crippen molar-refractivity contribution in [1.82, 2.24) is 39.0 Å². The van der Waals surface area contributed by atoms with Crippen molar-refractivity contribution in [2.24, 2.45) is 11.1 Å². The lowest BCUT2D eigenvalue weighted by atomic mass is 9.94. The van der Waals surface area contributed by atoms with Crippen molar-refractivity contribution in [3.05, 3.63) is 25.3 Å². The quantitative estimate of drug-likeness (QED) is 0.0425. The Morgan fingerprint density at radius 1 is 0.707 bits per heavy atom. The van der Waals surface area contributed by atoms with Crippen molar-refractivity contribution in [3.63, 3.8) is 0 Å². The number of nitrogens with zero attached hydrogens (tertiary/aromatic N) is 8. The standard InChI is InChI=1S/C15H24N5O8P.C14H23N6O8P/c16-13-12-14(18-7-17-13)20(8-19-12)11-1-9(24)10(28-11)2-27-29(25,26)6-15(3-21,4-22)5-23;15-12-11-13(18-6-17-12)20(7-19-11)10-1-8(23)9(28-10)2-26-29(24,25)27-5-14(16,3-21)4-22/h7-11,21-24H,1-6H2,(H,25,26)(H2,16,17,18);6-10,21-23H,1-5,16H2,(H,24,25)(H2,15,17,18)/t9-,10-,11-;8-,9-,10-/m11/s1. The molecule has 58 heavy (non-hydrogen) atoms. The first-order valence-corrected chi connectivity index (χ1v) is 20.6. The average molecular weight is 868 g/mol. The van der Waals surface area contributed by atoms with Crippen LogP contribution in [-0.4, -0.2) is 174 Å². The van der Waals surface area contributed by atoms with E-state index in [0.29, 0.717) is 22.3 Å². The van der Waals surface area contributed by atoms with Gasteiger partial charge in [0.25, 0.3) is 0 Å². The predicted octanol–water partition coefficient (Wildman–Crippen LogP) is -3.91. The van der Waals surface area contributed by atoms with Crippen molar-refractivity contribution in [3.8, 4) is 0 Å². The Morgan fingerprint density at radius 2 is 1.16 bits per heavy atom. The molecule has 6 heterocycles. The number of aliphatic hydroxyl groups excluding tert-OH is 7. The highest BCUT2D eigenvalue weighted by Crippen LogP contribution is 2.48. The largest absolute Gasteiger partial charge is 0.472 e.